The summed E-state index contributed by atoms with van der Waals surface area (Å²) in [5.41, 5.74) is 0.647. The van der Waals surface area contributed by atoms with E-state index in [0.29, 0.717) is 23.4 Å². The number of halogens is 3. The van der Waals surface area contributed by atoms with Gasteiger partial charge in [0.2, 0.25) is 5.95 Å². The molecule has 0 spiro atoms. The summed E-state index contributed by atoms with van der Waals surface area (Å²) in [6.45, 7) is 3.69. The Morgan fingerprint density at radius 3 is 2.24 bits per heavy atom. The summed E-state index contributed by atoms with van der Waals surface area (Å²) < 4.78 is 41.3. The van der Waals surface area contributed by atoms with Crippen molar-refractivity contribution in [2.24, 2.45) is 5.92 Å². The van der Waals surface area contributed by atoms with Crippen LogP contribution in [-0.2, 0) is 0 Å². The number of pyridine rings is 1. The van der Waals surface area contributed by atoms with Crippen LogP contribution in [-0.4, -0.2) is 32.7 Å². The first-order valence-electron chi connectivity index (χ1n) is 8.96. The lowest BCUT2D eigenvalue weighted by atomic mass is 10.1. The maximum Gasteiger partial charge on any atom is 0.225 e. The summed E-state index contributed by atoms with van der Waals surface area (Å²) in [6.07, 6.45) is 3.17. The third-order valence-electron chi connectivity index (χ3n) is 4.28. The van der Waals surface area contributed by atoms with Crippen LogP contribution < -0.4 is 10.6 Å². The van der Waals surface area contributed by atoms with Gasteiger partial charge in [-0.05, 0) is 18.1 Å². The van der Waals surface area contributed by atoms with Gasteiger partial charge in [-0.15, -0.1) is 0 Å². The first kappa shape index (κ1) is 20.5. The highest BCUT2D eigenvalue weighted by Crippen LogP contribution is 2.27. The zero-order chi connectivity index (χ0) is 21.0. The van der Waals surface area contributed by atoms with Crippen LogP contribution in [0.3, 0.4) is 0 Å². The van der Waals surface area contributed by atoms with Gasteiger partial charge >= 0.3 is 0 Å². The van der Waals surface area contributed by atoms with Gasteiger partial charge in [-0.2, -0.15) is 4.98 Å². The molecule has 3 rings (SSSR count). The summed E-state index contributed by atoms with van der Waals surface area (Å²) in [5, 5.41) is 15.2. The van der Waals surface area contributed by atoms with Crippen LogP contribution >= 0.6 is 0 Å². The van der Waals surface area contributed by atoms with E-state index in [9.17, 15) is 18.3 Å². The van der Waals surface area contributed by atoms with Crippen LogP contribution in [0.1, 0.15) is 13.8 Å². The van der Waals surface area contributed by atoms with E-state index in [0.717, 1.165) is 0 Å². The van der Waals surface area contributed by atoms with Crippen molar-refractivity contribution in [3.8, 4) is 11.3 Å². The van der Waals surface area contributed by atoms with E-state index in [-0.39, 0.29) is 30.3 Å². The van der Waals surface area contributed by atoms with Crippen molar-refractivity contribution >= 4 is 17.5 Å². The molecule has 29 heavy (non-hydrogen) atoms. The highest BCUT2D eigenvalue weighted by Gasteiger charge is 2.17. The molecule has 3 aromatic rings. The van der Waals surface area contributed by atoms with Crippen LogP contribution in [0.5, 0.6) is 0 Å². The van der Waals surface area contributed by atoms with Gasteiger partial charge in [0.15, 0.2) is 11.6 Å². The Balaban J connectivity index is 2.03. The second-order valence-corrected chi connectivity index (χ2v) is 6.74. The van der Waals surface area contributed by atoms with Crippen molar-refractivity contribution in [3.05, 3.63) is 60.2 Å². The average molecular weight is 403 g/mol. The Labute approximate surface area is 165 Å². The Hall–Kier alpha value is -3.20. The lowest BCUT2D eigenvalue weighted by Crippen LogP contribution is -2.30. The van der Waals surface area contributed by atoms with E-state index in [4.69, 9.17) is 0 Å². The molecule has 0 bridgehead atoms. The molecule has 0 saturated carbocycles. The first-order valence-corrected chi connectivity index (χ1v) is 8.96. The quantitative estimate of drug-likeness (QED) is 0.550. The largest absolute Gasteiger partial charge is 0.394 e. The fourth-order valence-corrected chi connectivity index (χ4v) is 2.63. The summed E-state index contributed by atoms with van der Waals surface area (Å²) in [5.74, 6) is -2.85. The van der Waals surface area contributed by atoms with Crippen molar-refractivity contribution in [1.82, 2.24) is 15.0 Å². The number of nitrogens with one attached hydrogen (secondary N) is 2. The second-order valence-electron chi connectivity index (χ2n) is 6.74. The maximum atomic E-state index is 14.0. The van der Waals surface area contributed by atoms with E-state index in [1.807, 2.05) is 13.8 Å². The fraction of sp³-hybridized carbons (Fsp3) is 0.250. The lowest BCUT2D eigenvalue weighted by molar-refractivity contribution is 0.248. The number of nitrogens with zero attached hydrogens (tertiary/aromatic N) is 3. The Bertz CT molecular complexity index is 962. The number of hydrogen-bond donors (Lipinski definition) is 3. The molecule has 0 aliphatic carbocycles. The Kier molecular flexibility index (Phi) is 6.28. The molecule has 0 fully saturated rings. The van der Waals surface area contributed by atoms with E-state index in [2.05, 4.69) is 25.6 Å². The molecule has 6 nitrogen and oxygen atoms in total. The SMILES string of the molecule is CC(C)[C@H](CO)Nc1nc(Nc2c(F)cc(F)cc2F)cc(-c2ccncc2)n1. The fourth-order valence-electron chi connectivity index (χ4n) is 2.63. The highest BCUT2D eigenvalue weighted by molar-refractivity contribution is 5.67. The van der Waals surface area contributed by atoms with Crippen LogP contribution in [0.25, 0.3) is 11.3 Å². The number of hydrogen-bond acceptors (Lipinski definition) is 6. The van der Waals surface area contributed by atoms with E-state index >= 15 is 0 Å². The zero-order valence-corrected chi connectivity index (χ0v) is 15.8. The van der Waals surface area contributed by atoms with Crippen LogP contribution in [0, 0.1) is 23.4 Å². The molecule has 9 heteroatoms. The summed E-state index contributed by atoms with van der Waals surface area (Å²) in [6, 6.07) is 5.79. The highest BCUT2D eigenvalue weighted by atomic mass is 19.1. The van der Waals surface area contributed by atoms with Gasteiger partial charge in [-0.3, -0.25) is 4.98 Å². The topological polar surface area (TPSA) is 83.0 Å². The normalized spacial score (nSPS) is 12.1. The standard InChI is InChI=1S/C20H20F3N5O/c1-11(2)17(10-29)26-20-25-16(12-3-5-24-6-4-12)9-18(28-20)27-19-14(22)7-13(21)8-15(19)23/h3-9,11,17,29H,10H2,1-2H3,(H2,25,26,27,28)/t17-/m0/s1. The molecule has 2 heterocycles. The maximum absolute atomic E-state index is 14.0. The van der Waals surface area contributed by atoms with Crippen molar-refractivity contribution in [2.75, 3.05) is 17.2 Å². The van der Waals surface area contributed by atoms with E-state index in [1.165, 1.54) is 6.07 Å². The lowest BCUT2D eigenvalue weighted by Gasteiger charge is -2.21. The molecule has 1 aromatic carbocycles. The van der Waals surface area contributed by atoms with Crippen molar-refractivity contribution in [2.45, 2.75) is 19.9 Å². The first-order chi connectivity index (χ1) is 13.9. The molecular weight excluding hydrogens is 383 g/mol. The molecule has 0 unspecified atom stereocenters. The molecule has 152 valence electrons. The molecule has 3 N–H and O–H groups in total. The molecular formula is C20H20F3N5O. The summed E-state index contributed by atoms with van der Waals surface area (Å²) in [4.78, 5) is 12.6. The number of aliphatic hydroxyl groups excluding tert-OH is 1. The number of rotatable bonds is 7. The van der Waals surface area contributed by atoms with Gasteiger partial charge in [-0.25, -0.2) is 18.2 Å². The average Bonchev–Trinajstić information content (AvgIpc) is 2.69. The Morgan fingerprint density at radius 1 is 1.00 bits per heavy atom. The van der Waals surface area contributed by atoms with Gasteiger partial charge in [-0.1, -0.05) is 13.8 Å². The van der Waals surface area contributed by atoms with Gasteiger partial charge in [0.05, 0.1) is 18.3 Å². The third-order valence-corrected chi connectivity index (χ3v) is 4.28. The smallest absolute Gasteiger partial charge is 0.225 e. The van der Waals surface area contributed by atoms with Crippen molar-refractivity contribution < 1.29 is 18.3 Å². The summed E-state index contributed by atoms with van der Waals surface area (Å²) in [7, 11) is 0. The molecule has 1 atom stereocenters. The Morgan fingerprint density at radius 2 is 1.66 bits per heavy atom. The predicted octanol–water partition coefficient (Wildman–Crippen LogP) is 4.13. The van der Waals surface area contributed by atoms with Crippen molar-refractivity contribution in [3.63, 3.8) is 0 Å². The minimum atomic E-state index is -1.09. The number of aromatic nitrogens is 3. The van der Waals surface area contributed by atoms with E-state index in [1.54, 1.807) is 24.5 Å². The molecule has 0 saturated heterocycles. The van der Waals surface area contributed by atoms with Crippen LogP contribution in [0.2, 0.25) is 0 Å². The molecule has 2 aromatic heterocycles. The predicted molar refractivity (Wildman–Crippen MR) is 104 cm³/mol. The molecule has 0 aliphatic heterocycles. The minimum Gasteiger partial charge on any atom is -0.394 e. The minimum absolute atomic E-state index is 0.0802. The second kappa shape index (κ2) is 8.87. The monoisotopic (exact) mass is 403 g/mol. The molecule has 0 amide bonds. The number of aliphatic hydroxyl groups is 1. The van der Waals surface area contributed by atoms with Gasteiger partial charge < -0.3 is 15.7 Å². The summed E-state index contributed by atoms with van der Waals surface area (Å²) >= 11 is 0. The van der Waals surface area contributed by atoms with Gasteiger partial charge in [0, 0.05) is 36.2 Å². The number of benzene rings is 1. The number of anilines is 3. The zero-order valence-electron chi connectivity index (χ0n) is 15.8. The van der Waals surface area contributed by atoms with Crippen molar-refractivity contribution in [1.29, 1.82) is 0 Å². The van der Waals surface area contributed by atoms with Crippen LogP contribution in [0.4, 0.5) is 30.6 Å². The third kappa shape index (κ3) is 5.00. The van der Waals surface area contributed by atoms with Crippen LogP contribution in [0.15, 0.2) is 42.7 Å². The van der Waals surface area contributed by atoms with E-state index < -0.39 is 23.1 Å². The van der Waals surface area contributed by atoms with Gasteiger partial charge in [0.1, 0.15) is 17.3 Å². The molecule has 0 aliphatic rings. The van der Waals surface area contributed by atoms with Gasteiger partial charge in [0.25, 0.3) is 0 Å². The molecule has 0 radical (unpaired) electrons.